The molecule has 0 saturated heterocycles. The second-order valence-corrected chi connectivity index (χ2v) is 5.27. The van der Waals surface area contributed by atoms with Crippen LogP contribution in [-0.4, -0.2) is 11.5 Å². The minimum Gasteiger partial charge on any atom is -0.369 e. The summed E-state index contributed by atoms with van der Waals surface area (Å²) in [6.07, 6.45) is 2.40. The van der Waals surface area contributed by atoms with E-state index < -0.39 is 0 Å². The summed E-state index contributed by atoms with van der Waals surface area (Å²) in [5.74, 6) is 1.10. The standard InChI is InChI=1S/C13H14N2S/c1-9-4-6-10(7-5-9)13-15-12-11(16-13)3-2-8-14-12/h4-7,14H,2-3,8H2,1H3. The summed E-state index contributed by atoms with van der Waals surface area (Å²) in [6.45, 7) is 3.17. The highest BCUT2D eigenvalue weighted by Crippen LogP contribution is 2.33. The lowest BCUT2D eigenvalue weighted by Gasteiger charge is -2.10. The summed E-state index contributed by atoms with van der Waals surface area (Å²) in [4.78, 5) is 6.06. The van der Waals surface area contributed by atoms with Crippen LogP contribution in [0.3, 0.4) is 0 Å². The van der Waals surface area contributed by atoms with Gasteiger partial charge in [0.05, 0.1) is 0 Å². The SMILES string of the molecule is Cc1ccc(-c2nc3c(s2)CCCN3)cc1. The van der Waals surface area contributed by atoms with Crippen LogP contribution < -0.4 is 5.32 Å². The summed E-state index contributed by atoms with van der Waals surface area (Å²) in [6, 6.07) is 8.59. The van der Waals surface area contributed by atoms with E-state index >= 15 is 0 Å². The Morgan fingerprint density at radius 1 is 1.25 bits per heavy atom. The molecule has 1 aromatic carbocycles. The predicted molar refractivity (Wildman–Crippen MR) is 69.1 cm³/mol. The zero-order valence-electron chi connectivity index (χ0n) is 9.29. The van der Waals surface area contributed by atoms with Gasteiger partial charge in [-0.3, -0.25) is 0 Å². The summed E-state index contributed by atoms with van der Waals surface area (Å²) in [5.41, 5.74) is 2.52. The van der Waals surface area contributed by atoms with E-state index in [9.17, 15) is 0 Å². The lowest BCUT2D eigenvalue weighted by molar-refractivity contribution is 0.837. The van der Waals surface area contributed by atoms with Crippen molar-refractivity contribution in [3.63, 3.8) is 0 Å². The molecular weight excluding hydrogens is 216 g/mol. The molecule has 2 heterocycles. The normalized spacial score (nSPS) is 14.3. The van der Waals surface area contributed by atoms with Gasteiger partial charge in [-0.05, 0) is 19.8 Å². The Morgan fingerprint density at radius 3 is 2.81 bits per heavy atom. The number of nitrogens with one attached hydrogen (secondary N) is 1. The van der Waals surface area contributed by atoms with E-state index in [1.54, 1.807) is 0 Å². The summed E-state index contributed by atoms with van der Waals surface area (Å²) in [7, 11) is 0. The Labute approximate surface area is 99.4 Å². The fourth-order valence-electron chi connectivity index (χ4n) is 1.93. The lowest BCUT2D eigenvalue weighted by Crippen LogP contribution is -2.09. The Morgan fingerprint density at radius 2 is 2.06 bits per heavy atom. The van der Waals surface area contributed by atoms with E-state index in [1.807, 2.05) is 11.3 Å². The number of fused-ring (bicyclic) bond motifs is 1. The maximum absolute atomic E-state index is 4.66. The van der Waals surface area contributed by atoms with Crippen LogP contribution >= 0.6 is 11.3 Å². The molecule has 0 amide bonds. The van der Waals surface area contributed by atoms with Crippen molar-refractivity contribution in [2.24, 2.45) is 0 Å². The zero-order valence-corrected chi connectivity index (χ0v) is 10.1. The molecule has 1 aromatic heterocycles. The van der Waals surface area contributed by atoms with Gasteiger partial charge in [-0.25, -0.2) is 4.98 Å². The van der Waals surface area contributed by atoms with Crippen molar-refractivity contribution >= 4 is 17.2 Å². The van der Waals surface area contributed by atoms with E-state index in [0.717, 1.165) is 17.4 Å². The second-order valence-electron chi connectivity index (χ2n) is 4.19. The highest BCUT2D eigenvalue weighted by molar-refractivity contribution is 7.15. The first-order valence-corrected chi connectivity index (χ1v) is 6.45. The van der Waals surface area contributed by atoms with Crippen molar-refractivity contribution in [1.82, 2.24) is 4.98 Å². The Balaban J connectivity index is 2.00. The van der Waals surface area contributed by atoms with Crippen molar-refractivity contribution in [2.45, 2.75) is 19.8 Å². The first-order valence-electron chi connectivity index (χ1n) is 5.63. The van der Waals surface area contributed by atoms with Crippen molar-refractivity contribution in [1.29, 1.82) is 0 Å². The average Bonchev–Trinajstić information content (AvgIpc) is 2.73. The minimum absolute atomic E-state index is 1.06. The zero-order chi connectivity index (χ0) is 11.0. The largest absolute Gasteiger partial charge is 0.369 e. The molecule has 2 nitrogen and oxygen atoms in total. The van der Waals surface area contributed by atoms with Crippen LogP contribution in [0.2, 0.25) is 0 Å². The van der Waals surface area contributed by atoms with Gasteiger partial charge >= 0.3 is 0 Å². The Kier molecular flexibility index (Phi) is 2.40. The van der Waals surface area contributed by atoms with Crippen LogP contribution in [0.4, 0.5) is 5.82 Å². The van der Waals surface area contributed by atoms with Gasteiger partial charge in [-0.2, -0.15) is 0 Å². The Hall–Kier alpha value is -1.35. The molecule has 3 rings (SSSR count). The molecule has 3 heteroatoms. The number of nitrogens with zero attached hydrogens (tertiary/aromatic N) is 1. The molecule has 0 unspecified atom stereocenters. The third-order valence-corrected chi connectivity index (χ3v) is 4.03. The monoisotopic (exact) mass is 230 g/mol. The average molecular weight is 230 g/mol. The molecule has 0 radical (unpaired) electrons. The molecule has 2 aromatic rings. The van der Waals surface area contributed by atoms with Crippen molar-refractivity contribution < 1.29 is 0 Å². The van der Waals surface area contributed by atoms with Crippen molar-refractivity contribution in [2.75, 3.05) is 11.9 Å². The first-order chi connectivity index (χ1) is 7.83. The summed E-state index contributed by atoms with van der Waals surface area (Å²) in [5, 5.41) is 4.50. The highest BCUT2D eigenvalue weighted by Gasteiger charge is 2.15. The maximum Gasteiger partial charge on any atom is 0.140 e. The van der Waals surface area contributed by atoms with Crippen LogP contribution in [-0.2, 0) is 6.42 Å². The number of anilines is 1. The minimum atomic E-state index is 1.06. The van der Waals surface area contributed by atoms with Gasteiger partial charge in [0.25, 0.3) is 0 Å². The van der Waals surface area contributed by atoms with Crippen LogP contribution in [0.1, 0.15) is 16.9 Å². The molecule has 0 aliphatic carbocycles. The molecule has 0 bridgehead atoms. The van der Waals surface area contributed by atoms with E-state index in [4.69, 9.17) is 0 Å². The van der Waals surface area contributed by atoms with E-state index in [2.05, 4.69) is 41.5 Å². The van der Waals surface area contributed by atoms with Gasteiger partial charge in [-0.15, -0.1) is 11.3 Å². The van der Waals surface area contributed by atoms with Gasteiger partial charge in [0.15, 0.2) is 0 Å². The van der Waals surface area contributed by atoms with Gasteiger partial charge in [0, 0.05) is 17.0 Å². The predicted octanol–water partition coefficient (Wildman–Crippen LogP) is 3.48. The molecule has 1 aliphatic heterocycles. The summed E-state index contributed by atoms with van der Waals surface area (Å²) < 4.78 is 0. The molecule has 0 fully saturated rings. The molecule has 1 aliphatic rings. The van der Waals surface area contributed by atoms with E-state index in [0.29, 0.717) is 0 Å². The van der Waals surface area contributed by atoms with Crippen LogP contribution in [0, 0.1) is 6.92 Å². The number of hydrogen-bond acceptors (Lipinski definition) is 3. The molecule has 82 valence electrons. The topological polar surface area (TPSA) is 24.9 Å². The Bertz CT molecular complexity index is 476. The number of aromatic nitrogens is 1. The molecule has 16 heavy (non-hydrogen) atoms. The van der Waals surface area contributed by atoms with E-state index in [-0.39, 0.29) is 0 Å². The second kappa shape index (κ2) is 3.91. The number of benzene rings is 1. The first kappa shape index (κ1) is 9.85. The number of aryl methyl sites for hydroxylation is 2. The molecule has 0 spiro atoms. The van der Waals surface area contributed by atoms with Crippen molar-refractivity contribution in [3.8, 4) is 10.6 Å². The smallest absolute Gasteiger partial charge is 0.140 e. The molecular formula is C13H14N2S. The van der Waals surface area contributed by atoms with Gasteiger partial charge in [0.1, 0.15) is 10.8 Å². The fourth-order valence-corrected chi connectivity index (χ4v) is 3.02. The number of thiazole rings is 1. The van der Waals surface area contributed by atoms with Gasteiger partial charge < -0.3 is 5.32 Å². The summed E-state index contributed by atoms with van der Waals surface area (Å²) >= 11 is 1.82. The lowest BCUT2D eigenvalue weighted by atomic mass is 10.2. The third kappa shape index (κ3) is 1.71. The third-order valence-electron chi connectivity index (χ3n) is 2.87. The van der Waals surface area contributed by atoms with Crippen molar-refractivity contribution in [3.05, 3.63) is 34.7 Å². The quantitative estimate of drug-likeness (QED) is 0.811. The van der Waals surface area contributed by atoms with Gasteiger partial charge in [-0.1, -0.05) is 29.8 Å². The maximum atomic E-state index is 4.66. The van der Waals surface area contributed by atoms with Crippen LogP contribution in [0.15, 0.2) is 24.3 Å². The molecule has 1 N–H and O–H groups in total. The highest BCUT2D eigenvalue weighted by atomic mass is 32.1. The van der Waals surface area contributed by atoms with Crippen LogP contribution in [0.5, 0.6) is 0 Å². The van der Waals surface area contributed by atoms with Crippen LogP contribution in [0.25, 0.3) is 10.6 Å². The molecule has 0 saturated carbocycles. The van der Waals surface area contributed by atoms with Gasteiger partial charge in [0.2, 0.25) is 0 Å². The number of rotatable bonds is 1. The van der Waals surface area contributed by atoms with E-state index in [1.165, 1.54) is 28.8 Å². The fraction of sp³-hybridized carbons (Fsp3) is 0.308. The number of hydrogen-bond donors (Lipinski definition) is 1. The molecule has 0 atom stereocenters.